The average Bonchev–Trinajstić information content (AvgIpc) is 2.35. The van der Waals surface area contributed by atoms with E-state index in [9.17, 15) is 0 Å². The second-order valence-electron chi connectivity index (χ2n) is 6.67. The van der Waals surface area contributed by atoms with Gasteiger partial charge in [-0.3, -0.25) is 4.90 Å². The molecule has 106 valence electrons. The van der Waals surface area contributed by atoms with Crippen LogP contribution in [0.5, 0.6) is 0 Å². The second kappa shape index (κ2) is 6.36. The van der Waals surface area contributed by atoms with E-state index in [1.165, 1.54) is 45.3 Å². The standard InChI is InChI=1S/C15H31N3/c1-12-4-6-14(7-5-12)15(10-16)18-9-8-17(3)11-13(18)2/h12-15H,4-11,16H2,1-3H3. The molecular weight excluding hydrogens is 222 g/mol. The van der Waals surface area contributed by atoms with Crippen LogP contribution in [0.1, 0.15) is 39.5 Å². The molecule has 3 heteroatoms. The van der Waals surface area contributed by atoms with Gasteiger partial charge in [0.1, 0.15) is 0 Å². The highest BCUT2D eigenvalue weighted by Crippen LogP contribution is 2.33. The molecular formula is C15H31N3. The van der Waals surface area contributed by atoms with Crippen molar-refractivity contribution < 1.29 is 0 Å². The Hall–Kier alpha value is -0.120. The van der Waals surface area contributed by atoms with E-state index in [0.717, 1.165) is 18.4 Å². The van der Waals surface area contributed by atoms with Gasteiger partial charge in [0.05, 0.1) is 0 Å². The summed E-state index contributed by atoms with van der Waals surface area (Å²) in [5.41, 5.74) is 6.11. The third-order valence-corrected chi connectivity index (χ3v) is 5.15. The largest absolute Gasteiger partial charge is 0.329 e. The zero-order valence-electron chi connectivity index (χ0n) is 12.4. The van der Waals surface area contributed by atoms with Gasteiger partial charge in [0.15, 0.2) is 0 Å². The van der Waals surface area contributed by atoms with E-state index in [4.69, 9.17) is 5.73 Å². The zero-order valence-corrected chi connectivity index (χ0v) is 12.4. The Morgan fingerprint density at radius 2 is 1.78 bits per heavy atom. The predicted molar refractivity (Wildman–Crippen MR) is 77.6 cm³/mol. The molecule has 0 aromatic heterocycles. The number of piperazine rings is 1. The lowest BCUT2D eigenvalue weighted by Crippen LogP contribution is -2.58. The van der Waals surface area contributed by atoms with Gasteiger partial charge in [-0.1, -0.05) is 19.8 Å². The van der Waals surface area contributed by atoms with Crippen LogP contribution in [0.2, 0.25) is 0 Å². The number of hydrogen-bond acceptors (Lipinski definition) is 3. The molecule has 0 radical (unpaired) electrons. The number of rotatable bonds is 3. The summed E-state index contributed by atoms with van der Waals surface area (Å²) < 4.78 is 0. The third-order valence-electron chi connectivity index (χ3n) is 5.15. The molecule has 0 aromatic rings. The fourth-order valence-electron chi connectivity index (χ4n) is 3.92. The summed E-state index contributed by atoms with van der Waals surface area (Å²) in [7, 11) is 2.23. The highest BCUT2D eigenvalue weighted by molar-refractivity contribution is 4.89. The number of nitrogens with two attached hydrogens (primary N) is 1. The van der Waals surface area contributed by atoms with Crippen molar-refractivity contribution >= 4 is 0 Å². The van der Waals surface area contributed by atoms with Crippen molar-refractivity contribution in [2.24, 2.45) is 17.6 Å². The molecule has 0 aromatic carbocycles. The normalized spacial score (nSPS) is 37.7. The van der Waals surface area contributed by atoms with Crippen LogP contribution in [0.3, 0.4) is 0 Å². The Balaban J connectivity index is 1.95. The van der Waals surface area contributed by atoms with Gasteiger partial charge in [-0.15, -0.1) is 0 Å². The van der Waals surface area contributed by atoms with E-state index in [1.54, 1.807) is 0 Å². The molecule has 2 N–H and O–H groups in total. The molecule has 1 aliphatic heterocycles. The molecule has 1 aliphatic carbocycles. The summed E-state index contributed by atoms with van der Waals surface area (Å²) in [6.07, 6.45) is 5.59. The minimum absolute atomic E-state index is 0.626. The van der Waals surface area contributed by atoms with Crippen LogP contribution < -0.4 is 5.73 Å². The molecule has 18 heavy (non-hydrogen) atoms. The van der Waals surface area contributed by atoms with Crippen LogP contribution in [0.4, 0.5) is 0 Å². The van der Waals surface area contributed by atoms with E-state index < -0.39 is 0 Å². The molecule has 2 unspecified atom stereocenters. The number of hydrogen-bond donors (Lipinski definition) is 1. The third kappa shape index (κ3) is 3.25. The van der Waals surface area contributed by atoms with Crippen LogP contribution >= 0.6 is 0 Å². The van der Waals surface area contributed by atoms with Crippen molar-refractivity contribution in [1.82, 2.24) is 9.80 Å². The lowest BCUT2D eigenvalue weighted by molar-refractivity contribution is 0.0275. The summed E-state index contributed by atoms with van der Waals surface area (Å²) in [6, 6.07) is 1.29. The molecule has 3 nitrogen and oxygen atoms in total. The predicted octanol–water partition coefficient (Wildman–Crippen LogP) is 1.78. The summed E-state index contributed by atoms with van der Waals surface area (Å²) in [6.45, 7) is 9.19. The lowest BCUT2D eigenvalue weighted by atomic mass is 9.78. The zero-order chi connectivity index (χ0) is 13.1. The molecule has 2 rings (SSSR count). The fraction of sp³-hybridized carbons (Fsp3) is 1.00. The maximum absolute atomic E-state index is 6.11. The van der Waals surface area contributed by atoms with Crippen LogP contribution in [0.15, 0.2) is 0 Å². The van der Waals surface area contributed by atoms with Crippen LogP contribution in [0.25, 0.3) is 0 Å². The first kappa shape index (κ1) is 14.3. The maximum Gasteiger partial charge on any atom is 0.0250 e. The van der Waals surface area contributed by atoms with Crippen molar-refractivity contribution in [3.63, 3.8) is 0 Å². The molecule has 2 atom stereocenters. The van der Waals surface area contributed by atoms with Crippen molar-refractivity contribution in [3.05, 3.63) is 0 Å². The Labute approximate surface area is 113 Å². The molecule has 2 aliphatic rings. The number of nitrogens with zero attached hydrogens (tertiary/aromatic N) is 2. The molecule has 1 saturated carbocycles. The summed E-state index contributed by atoms with van der Waals surface area (Å²) in [5, 5.41) is 0. The maximum atomic E-state index is 6.11. The minimum atomic E-state index is 0.626. The van der Waals surface area contributed by atoms with Gasteiger partial charge in [0.2, 0.25) is 0 Å². The fourth-order valence-corrected chi connectivity index (χ4v) is 3.92. The van der Waals surface area contributed by atoms with Crippen LogP contribution in [0, 0.1) is 11.8 Å². The summed E-state index contributed by atoms with van der Waals surface area (Å²) >= 11 is 0. The molecule has 0 spiro atoms. The lowest BCUT2D eigenvalue weighted by Gasteiger charge is -2.46. The second-order valence-corrected chi connectivity index (χ2v) is 6.67. The monoisotopic (exact) mass is 253 g/mol. The van der Waals surface area contributed by atoms with E-state index in [2.05, 4.69) is 30.7 Å². The average molecular weight is 253 g/mol. The highest BCUT2D eigenvalue weighted by atomic mass is 15.3. The van der Waals surface area contributed by atoms with Gasteiger partial charge >= 0.3 is 0 Å². The molecule has 2 fully saturated rings. The van der Waals surface area contributed by atoms with Gasteiger partial charge in [-0.25, -0.2) is 0 Å². The Morgan fingerprint density at radius 3 is 2.33 bits per heavy atom. The van der Waals surface area contributed by atoms with Crippen molar-refractivity contribution in [3.8, 4) is 0 Å². The first-order chi connectivity index (χ1) is 8.61. The Bertz CT molecular complexity index is 248. The van der Waals surface area contributed by atoms with E-state index in [-0.39, 0.29) is 0 Å². The Morgan fingerprint density at radius 1 is 1.11 bits per heavy atom. The van der Waals surface area contributed by atoms with E-state index in [1.807, 2.05) is 0 Å². The summed E-state index contributed by atoms with van der Waals surface area (Å²) in [5.74, 6) is 1.78. The summed E-state index contributed by atoms with van der Waals surface area (Å²) in [4.78, 5) is 5.14. The van der Waals surface area contributed by atoms with Gasteiger partial charge < -0.3 is 10.6 Å². The molecule has 0 bridgehead atoms. The quantitative estimate of drug-likeness (QED) is 0.832. The van der Waals surface area contributed by atoms with Gasteiger partial charge in [-0.2, -0.15) is 0 Å². The first-order valence-electron chi connectivity index (χ1n) is 7.76. The first-order valence-corrected chi connectivity index (χ1v) is 7.76. The van der Waals surface area contributed by atoms with Crippen LogP contribution in [-0.4, -0.2) is 55.1 Å². The minimum Gasteiger partial charge on any atom is -0.329 e. The van der Waals surface area contributed by atoms with Crippen molar-refractivity contribution in [1.29, 1.82) is 0 Å². The van der Waals surface area contributed by atoms with E-state index >= 15 is 0 Å². The van der Waals surface area contributed by atoms with Crippen LogP contribution in [-0.2, 0) is 0 Å². The van der Waals surface area contributed by atoms with E-state index in [0.29, 0.717) is 12.1 Å². The molecule has 0 amide bonds. The smallest absolute Gasteiger partial charge is 0.0250 e. The van der Waals surface area contributed by atoms with Gasteiger partial charge in [0.25, 0.3) is 0 Å². The van der Waals surface area contributed by atoms with Crippen molar-refractivity contribution in [2.75, 3.05) is 33.2 Å². The topological polar surface area (TPSA) is 32.5 Å². The molecule has 1 heterocycles. The van der Waals surface area contributed by atoms with Gasteiger partial charge in [-0.05, 0) is 38.6 Å². The SMILES string of the molecule is CC1CCC(C(CN)N2CCN(C)CC2C)CC1. The number of likely N-dealkylation sites (N-methyl/N-ethyl adjacent to an activating group) is 1. The van der Waals surface area contributed by atoms with Crippen molar-refractivity contribution in [2.45, 2.75) is 51.6 Å². The Kier molecular flexibility index (Phi) is 5.05. The molecule has 1 saturated heterocycles. The van der Waals surface area contributed by atoms with Gasteiger partial charge in [0, 0.05) is 38.3 Å². The highest BCUT2D eigenvalue weighted by Gasteiger charge is 2.33.